The molecule has 0 radical (unpaired) electrons. The average molecular weight is 252 g/mol. The minimum absolute atomic E-state index is 0.435. The SMILES string of the molecule is O=C(O)C(F)C(O)c1cccc(C(F)(F)F)c1. The Hall–Kier alpha value is -1.63. The number of carboxylic acid groups (broad SMARTS) is 1. The summed E-state index contributed by atoms with van der Waals surface area (Å²) >= 11 is 0. The summed E-state index contributed by atoms with van der Waals surface area (Å²) in [4.78, 5) is 10.2. The molecular weight excluding hydrogens is 244 g/mol. The summed E-state index contributed by atoms with van der Waals surface area (Å²) in [6.07, 6.45) is -9.43. The summed E-state index contributed by atoms with van der Waals surface area (Å²) in [5.74, 6) is -1.94. The second kappa shape index (κ2) is 4.70. The summed E-state index contributed by atoms with van der Waals surface area (Å²) in [6.45, 7) is 0. The van der Waals surface area contributed by atoms with Gasteiger partial charge in [0.25, 0.3) is 0 Å². The molecule has 94 valence electrons. The van der Waals surface area contributed by atoms with Crippen molar-refractivity contribution >= 4 is 5.97 Å². The molecule has 0 heterocycles. The Balaban J connectivity index is 3.04. The zero-order valence-electron chi connectivity index (χ0n) is 8.28. The fraction of sp³-hybridized carbons (Fsp3) is 0.300. The number of hydrogen-bond donors (Lipinski definition) is 2. The molecule has 0 saturated carbocycles. The maximum absolute atomic E-state index is 12.9. The van der Waals surface area contributed by atoms with E-state index in [9.17, 15) is 27.5 Å². The van der Waals surface area contributed by atoms with Crippen molar-refractivity contribution in [3.63, 3.8) is 0 Å². The highest BCUT2D eigenvalue weighted by molar-refractivity contribution is 5.73. The van der Waals surface area contributed by atoms with Crippen LogP contribution in [0.3, 0.4) is 0 Å². The maximum atomic E-state index is 12.9. The van der Waals surface area contributed by atoms with Crippen molar-refractivity contribution in [3.05, 3.63) is 35.4 Å². The number of aliphatic hydroxyl groups excluding tert-OH is 1. The molecular formula is C10H8F4O3. The van der Waals surface area contributed by atoms with Crippen molar-refractivity contribution in [3.8, 4) is 0 Å². The van der Waals surface area contributed by atoms with Crippen LogP contribution in [0.4, 0.5) is 17.6 Å². The monoisotopic (exact) mass is 252 g/mol. The van der Waals surface area contributed by atoms with Crippen molar-refractivity contribution in [1.29, 1.82) is 0 Å². The van der Waals surface area contributed by atoms with E-state index < -0.39 is 35.5 Å². The highest BCUT2D eigenvalue weighted by Crippen LogP contribution is 2.31. The second-order valence-electron chi connectivity index (χ2n) is 3.31. The summed E-state index contributed by atoms with van der Waals surface area (Å²) in [5.41, 5.74) is -1.51. The van der Waals surface area contributed by atoms with Gasteiger partial charge in [0.05, 0.1) is 5.56 Å². The molecule has 17 heavy (non-hydrogen) atoms. The van der Waals surface area contributed by atoms with Gasteiger partial charge in [0.15, 0.2) is 0 Å². The number of aliphatic carboxylic acids is 1. The zero-order chi connectivity index (χ0) is 13.2. The quantitative estimate of drug-likeness (QED) is 0.810. The van der Waals surface area contributed by atoms with Gasteiger partial charge in [0.1, 0.15) is 6.10 Å². The molecule has 2 N–H and O–H groups in total. The van der Waals surface area contributed by atoms with Crippen molar-refractivity contribution in [1.82, 2.24) is 0 Å². The number of halogens is 4. The van der Waals surface area contributed by atoms with Crippen LogP contribution in [0.5, 0.6) is 0 Å². The van der Waals surface area contributed by atoms with E-state index in [1.807, 2.05) is 0 Å². The first-order valence-corrected chi connectivity index (χ1v) is 4.45. The Morgan fingerprint density at radius 1 is 1.29 bits per heavy atom. The molecule has 0 aromatic heterocycles. The van der Waals surface area contributed by atoms with Crippen LogP contribution >= 0.6 is 0 Å². The largest absolute Gasteiger partial charge is 0.479 e. The van der Waals surface area contributed by atoms with Gasteiger partial charge in [-0.1, -0.05) is 12.1 Å². The maximum Gasteiger partial charge on any atom is 0.416 e. The van der Waals surface area contributed by atoms with Gasteiger partial charge in [-0.25, -0.2) is 9.18 Å². The molecule has 0 aliphatic carbocycles. The first kappa shape index (κ1) is 13.4. The van der Waals surface area contributed by atoms with E-state index in [1.54, 1.807) is 0 Å². The summed E-state index contributed by atoms with van der Waals surface area (Å²) in [6, 6.07) is 3.25. The highest BCUT2D eigenvalue weighted by atomic mass is 19.4. The number of aliphatic hydroxyl groups is 1. The molecule has 7 heteroatoms. The van der Waals surface area contributed by atoms with Gasteiger partial charge in [-0.3, -0.25) is 0 Å². The van der Waals surface area contributed by atoms with Gasteiger partial charge in [0.2, 0.25) is 6.17 Å². The lowest BCUT2D eigenvalue weighted by molar-refractivity contribution is -0.147. The van der Waals surface area contributed by atoms with E-state index in [-0.39, 0.29) is 0 Å². The molecule has 1 aromatic carbocycles. The number of benzene rings is 1. The Bertz CT molecular complexity index is 416. The van der Waals surface area contributed by atoms with Crippen LogP contribution in [-0.4, -0.2) is 22.4 Å². The van der Waals surface area contributed by atoms with E-state index in [0.29, 0.717) is 6.07 Å². The van der Waals surface area contributed by atoms with Crippen LogP contribution in [-0.2, 0) is 11.0 Å². The fourth-order valence-corrected chi connectivity index (χ4v) is 1.20. The van der Waals surface area contributed by atoms with Crippen molar-refractivity contribution in [2.75, 3.05) is 0 Å². The molecule has 3 nitrogen and oxygen atoms in total. The standard InChI is InChI=1S/C10H8F4O3/c11-7(9(16)17)8(15)5-2-1-3-6(4-5)10(12,13)14/h1-4,7-8,15H,(H,16,17). The van der Waals surface area contributed by atoms with Crippen LogP contribution in [0.15, 0.2) is 24.3 Å². The lowest BCUT2D eigenvalue weighted by Crippen LogP contribution is -2.23. The van der Waals surface area contributed by atoms with Crippen LogP contribution in [0, 0.1) is 0 Å². The van der Waals surface area contributed by atoms with Gasteiger partial charge in [-0.2, -0.15) is 13.2 Å². The topological polar surface area (TPSA) is 57.5 Å². The van der Waals surface area contributed by atoms with Crippen molar-refractivity contribution in [2.24, 2.45) is 0 Å². The number of rotatable bonds is 3. The highest BCUT2D eigenvalue weighted by Gasteiger charge is 2.33. The second-order valence-corrected chi connectivity index (χ2v) is 3.31. The molecule has 0 spiro atoms. The molecule has 0 aliphatic heterocycles. The normalized spacial score (nSPS) is 15.4. The van der Waals surface area contributed by atoms with Crippen LogP contribution in [0.25, 0.3) is 0 Å². The molecule has 1 aromatic rings. The van der Waals surface area contributed by atoms with Gasteiger partial charge in [-0.05, 0) is 17.7 Å². The third kappa shape index (κ3) is 3.16. The molecule has 0 amide bonds. The van der Waals surface area contributed by atoms with Gasteiger partial charge in [0, 0.05) is 0 Å². The minimum Gasteiger partial charge on any atom is -0.479 e. The van der Waals surface area contributed by atoms with Crippen LogP contribution in [0.1, 0.15) is 17.2 Å². The zero-order valence-corrected chi connectivity index (χ0v) is 8.28. The lowest BCUT2D eigenvalue weighted by Gasteiger charge is -2.14. The molecule has 0 saturated heterocycles. The molecule has 0 aliphatic rings. The summed E-state index contributed by atoms with van der Waals surface area (Å²) in [7, 11) is 0. The third-order valence-electron chi connectivity index (χ3n) is 2.07. The first-order valence-electron chi connectivity index (χ1n) is 4.45. The Morgan fingerprint density at radius 2 is 1.88 bits per heavy atom. The minimum atomic E-state index is -4.63. The van der Waals surface area contributed by atoms with E-state index >= 15 is 0 Å². The third-order valence-corrected chi connectivity index (χ3v) is 2.07. The molecule has 0 fully saturated rings. The number of hydrogen-bond acceptors (Lipinski definition) is 2. The smallest absolute Gasteiger partial charge is 0.416 e. The van der Waals surface area contributed by atoms with E-state index in [2.05, 4.69) is 0 Å². The van der Waals surface area contributed by atoms with Crippen LogP contribution < -0.4 is 0 Å². The van der Waals surface area contributed by atoms with Gasteiger partial charge >= 0.3 is 12.1 Å². The Labute approximate surface area is 93.3 Å². The van der Waals surface area contributed by atoms with Crippen LogP contribution in [0.2, 0.25) is 0 Å². The van der Waals surface area contributed by atoms with E-state index in [1.165, 1.54) is 0 Å². The first-order chi connectivity index (χ1) is 7.73. The van der Waals surface area contributed by atoms with E-state index in [0.717, 1.165) is 18.2 Å². The van der Waals surface area contributed by atoms with Crippen molar-refractivity contribution < 1.29 is 32.6 Å². The molecule has 2 atom stereocenters. The number of alkyl halides is 4. The predicted octanol–water partition coefficient (Wildman–Crippen LogP) is 2.16. The Morgan fingerprint density at radius 3 is 2.35 bits per heavy atom. The predicted molar refractivity (Wildman–Crippen MR) is 48.9 cm³/mol. The number of carboxylic acids is 1. The molecule has 2 unspecified atom stereocenters. The Kier molecular flexibility index (Phi) is 3.72. The summed E-state index contributed by atoms with van der Waals surface area (Å²) in [5, 5.41) is 17.5. The van der Waals surface area contributed by atoms with Gasteiger partial charge < -0.3 is 10.2 Å². The fourth-order valence-electron chi connectivity index (χ4n) is 1.20. The van der Waals surface area contributed by atoms with Gasteiger partial charge in [-0.15, -0.1) is 0 Å². The average Bonchev–Trinajstić information content (AvgIpc) is 2.26. The summed E-state index contributed by atoms with van der Waals surface area (Å²) < 4.78 is 49.8. The lowest BCUT2D eigenvalue weighted by atomic mass is 10.0. The van der Waals surface area contributed by atoms with Crippen molar-refractivity contribution in [2.45, 2.75) is 18.5 Å². The number of carbonyl (C=O) groups is 1. The molecule has 0 bridgehead atoms. The van der Waals surface area contributed by atoms with E-state index in [4.69, 9.17) is 5.11 Å². The molecule has 1 rings (SSSR count).